The minimum Gasteiger partial charge on any atom is -0.467 e. The van der Waals surface area contributed by atoms with Crippen LogP contribution in [0.25, 0.3) is 10.9 Å². The zero-order valence-corrected chi connectivity index (χ0v) is 12.8. The molecule has 0 saturated carbocycles. The largest absolute Gasteiger partial charge is 0.467 e. The quantitative estimate of drug-likeness (QED) is 0.839. The minimum absolute atomic E-state index is 0.265. The Morgan fingerprint density at radius 3 is 2.85 bits per heavy atom. The SMILES string of the molecule is COC(=O)C(Cc1c[nH]c2cccc(Br)c12)NC(C)=O. The van der Waals surface area contributed by atoms with E-state index in [1.165, 1.54) is 14.0 Å². The van der Waals surface area contributed by atoms with Crippen molar-refractivity contribution in [3.63, 3.8) is 0 Å². The molecule has 2 N–H and O–H groups in total. The summed E-state index contributed by atoms with van der Waals surface area (Å²) in [5.41, 5.74) is 1.91. The van der Waals surface area contributed by atoms with Crippen molar-refractivity contribution >= 4 is 38.7 Å². The molecule has 0 spiro atoms. The van der Waals surface area contributed by atoms with E-state index < -0.39 is 12.0 Å². The first-order valence-electron chi connectivity index (χ1n) is 6.12. The fourth-order valence-corrected chi connectivity index (χ4v) is 2.79. The summed E-state index contributed by atoms with van der Waals surface area (Å²) < 4.78 is 5.67. The second-order valence-electron chi connectivity index (χ2n) is 4.46. The average Bonchev–Trinajstić information content (AvgIpc) is 2.81. The van der Waals surface area contributed by atoms with Crippen LogP contribution in [0.4, 0.5) is 0 Å². The summed E-state index contributed by atoms with van der Waals surface area (Å²) >= 11 is 3.50. The van der Waals surface area contributed by atoms with Crippen molar-refractivity contribution in [2.75, 3.05) is 7.11 Å². The maximum absolute atomic E-state index is 11.7. The van der Waals surface area contributed by atoms with Gasteiger partial charge in [-0.05, 0) is 17.7 Å². The van der Waals surface area contributed by atoms with Gasteiger partial charge in [0.2, 0.25) is 5.91 Å². The van der Waals surface area contributed by atoms with Crippen LogP contribution >= 0.6 is 15.9 Å². The fourth-order valence-electron chi connectivity index (χ4n) is 2.17. The predicted octanol–water partition coefficient (Wildman–Crippen LogP) is 2.15. The van der Waals surface area contributed by atoms with Gasteiger partial charge in [-0.25, -0.2) is 4.79 Å². The summed E-state index contributed by atoms with van der Waals surface area (Å²) in [7, 11) is 1.31. The Hall–Kier alpha value is -1.82. The van der Waals surface area contributed by atoms with Crippen LogP contribution < -0.4 is 5.32 Å². The highest BCUT2D eigenvalue weighted by molar-refractivity contribution is 9.10. The smallest absolute Gasteiger partial charge is 0.328 e. The summed E-state index contributed by atoms with van der Waals surface area (Å²) in [4.78, 5) is 26.1. The van der Waals surface area contributed by atoms with E-state index in [1.807, 2.05) is 24.4 Å². The molecule has 2 rings (SSSR count). The van der Waals surface area contributed by atoms with Crippen molar-refractivity contribution in [2.24, 2.45) is 0 Å². The van der Waals surface area contributed by atoms with E-state index in [-0.39, 0.29) is 5.91 Å². The van der Waals surface area contributed by atoms with Crippen LogP contribution in [0, 0.1) is 0 Å². The maximum atomic E-state index is 11.7. The Bertz CT molecular complexity index is 651. The predicted molar refractivity (Wildman–Crippen MR) is 79.3 cm³/mol. The van der Waals surface area contributed by atoms with Gasteiger partial charge in [0.05, 0.1) is 7.11 Å². The highest BCUT2D eigenvalue weighted by Crippen LogP contribution is 2.27. The van der Waals surface area contributed by atoms with Gasteiger partial charge in [-0.15, -0.1) is 0 Å². The van der Waals surface area contributed by atoms with Crippen molar-refractivity contribution < 1.29 is 14.3 Å². The monoisotopic (exact) mass is 338 g/mol. The number of aromatic amines is 1. The number of benzene rings is 1. The first-order valence-corrected chi connectivity index (χ1v) is 6.91. The van der Waals surface area contributed by atoms with Crippen LogP contribution in [0.3, 0.4) is 0 Å². The number of nitrogens with one attached hydrogen (secondary N) is 2. The number of halogens is 1. The lowest BCUT2D eigenvalue weighted by atomic mass is 10.0. The molecule has 5 nitrogen and oxygen atoms in total. The minimum atomic E-state index is -0.691. The third-order valence-corrected chi connectivity index (χ3v) is 3.68. The van der Waals surface area contributed by atoms with E-state index in [1.54, 1.807) is 0 Å². The number of methoxy groups -OCH3 is 1. The molecule has 6 heteroatoms. The standard InChI is InChI=1S/C14H15BrN2O3/c1-8(18)17-12(14(19)20-2)6-9-7-16-11-5-3-4-10(15)13(9)11/h3-5,7,12,16H,6H2,1-2H3,(H,17,18). The molecule has 0 saturated heterocycles. The molecule has 1 unspecified atom stereocenters. The zero-order valence-electron chi connectivity index (χ0n) is 11.2. The van der Waals surface area contributed by atoms with Crippen LogP contribution in [0.2, 0.25) is 0 Å². The van der Waals surface area contributed by atoms with Crippen molar-refractivity contribution in [3.05, 3.63) is 34.4 Å². The Kier molecular flexibility index (Phi) is 4.44. The number of esters is 1. The van der Waals surface area contributed by atoms with E-state index >= 15 is 0 Å². The van der Waals surface area contributed by atoms with E-state index in [0.717, 1.165) is 20.9 Å². The van der Waals surface area contributed by atoms with Gasteiger partial charge in [-0.3, -0.25) is 4.79 Å². The second kappa shape index (κ2) is 6.09. The van der Waals surface area contributed by atoms with Crippen LogP contribution in [0.1, 0.15) is 12.5 Å². The van der Waals surface area contributed by atoms with Crippen molar-refractivity contribution in [2.45, 2.75) is 19.4 Å². The Morgan fingerprint density at radius 1 is 1.45 bits per heavy atom. The molecule has 1 aromatic carbocycles. The zero-order chi connectivity index (χ0) is 14.7. The number of aromatic nitrogens is 1. The number of hydrogen-bond donors (Lipinski definition) is 2. The Morgan fingerprint density at radius 2 is 2.20 bits per heavy atom. The molecule has 106 valence electrons. The normalized spacial score (nSPS) is 12.2. The first-order chi connectivity index (χ1) is 9.52. The van der Waals surface area contributed by atoms with Gasteiger partial charge >= 0.3 is 5.97 Å². The van der Waals surface area contributed by atoms with Gasteiger partial charge in [0.1, 0.15) is 6.04 Å². The molecule has 1 amide bonds. The number of carbonyl (C=O) groups excluding carboxylic acids is 2. The number of ether oxygens (including phenoxy) is 1. The fraction of sp³-hybridized carbons (Fsp3) is 0.286. The molecule has 1 atom stereocenters. The van der Waals surface area contributed by atoms with Crippen LogP contribution in [-0.2, 0) is 20.7 Å². The molecule has 1 heterocycles. The molecular weight excluding hydrogens is 324 g/mol. The molecule has 0 radical (unpaired) electrons. The first kappa shape index (κ1) is 14.6. The Balaban J connectivity index is 2.33. The van der Waals surface area contributed by atoms with E-state index in [9.17, 15) is 9.59 Å². The molecule has 0 aliphatic rings. The number of hydrogen-bond acceptors (Lipinski definition) is 3. The van der Waals surface area contributed by atoms with Crippen molar-refractivity contribution in [1.82, 2.24) is 10.3 Å². The van der Waals surface area contributed by atoms with Crippen LogP contribution in [0.5, 0.6) is 0 Å². The molecule has 20 heavy (non-hydrogen) atoms. The molecular formula is C14H15BrN2O3. The molecule has 0 aliphatic carbocycles. The lowest BCUT2D eigenvalue weighted by Gasteiger charge is -2.15. The summed E-state index contributed by atoms with van der Waals surface area (Å²) in [6, 6.07) is 5.13. The third kappa shape index (κ3) is 3.01. The molecule has 0 bridgehead atoms. The van der Waals surface area contributed by atoms with Gasteiger partial charge in [-0.1, -0.05) is 22.0 Å². The third-order valence-electron chi connectivity index (χ3n) is 3.02. The van der Waals surface area contributed by atoms with Crippen LogP contribution in [-0.4, -0.2) is 30.0 Å². The molecule has 1 aromatic heterocycles. The molecule has 2 aromatic rings. The van der Waals surface area contributed by atoms with E-state index in [4.69, 9.17) is 4.74 Å². The lowest BCUT2D eigenvalue weighted by molar-refractivity contribution is -0.144. The average molecular weight is 339 g/mol. The molecule has 0 aliphatic heterocycles. The number of H-pyrrole nitrogens is 1. The lowest BCUT2D eigenvalue weighted by Crippen LogP contribution is -2.41. The summed E-state index contributed by atoms with van der Waals surface area (Å²) in [5.74, 6) is -0.721. The van der Waals surface area contributed by atoms with Gasteiger partial charge in [0.15, 0.2) is 0 Å². The van der Waals surface area contributed by atoms with Gasteiger partial charge in [-0.2, -0.15) is 0 Å². The highest BCUT2D eigenvalue weighted by atomic mass is 79.9. The molecule has 0 fully saturated rings. The number of fused-ring (bicyclic) bond motifs is 1. The summed E-state index contributed by atoms with van der Waals surface area (Å²) in [6.45, 7) is 1.38. The maximum Gasteiger partial charge on any atom is 0.328 e. The summed E-state index contributed by atoms with van der Waals surface area (Å²) in [6.07, 6.45) is 2.21. The number of amides is 1. The van der Waals surface area contributed by atoms with Gasteiger partial charge in [0.25, 0.3) is 0 Å². The summed E-state index contributed by atoms with van der Waals surface area (Å²) in [5, 5.41) is 3.62. The number of carbonyl (C=O) groups is 2. The van der Waals surface area contributed by atoms with Crippen LogP contribution in [0.15, 0.2) is 28.9 Å². The van der Waals surface area contributed by atoms with Gasteiger partial charge in [0, 0.05) is 34.9 Å². The Labute approximate surface area is 124 Å². The highest BCUT2D eigenvalue weighted by Gasteiger charge is 2.22. The number of rotatable bonds is 4. The topological polar surface area (TPSA) is 71.2 Å². The van der Waals surface area contributed by atoms with Crippen molar-refractivity contribution in [1.29, 1.82) is 0 Å². The second-order valence-corrected chi connectivity index (χ2v) is 5.31. The van der Waals surface area contributed by atoms with Gasteiger partial charge < -0.3 is 15.0 Å². The van der Waals surface area contributed by atoms with Crippen molar-refractivity contribution in [3.8, 4) is 0 Å². The van der Waals surface area contributed by atoms with E-state index in [0.29, 0.717) is 6.42 Å². The van der Waals surface area contributed by atoms with E-state index in [2.05, 4.69) is 26.2 Å².